The lowest BCUT2D eigenvalue weighted by Crippen LogP contribution is -2.42. The lowest BCUT2D eigenvalue weighted by atomic mass is 9.92. The molecule has 0 aromatic carbocycles. The zero-order valence-electron chi connectivity index (χ0n) is 13.2. The molecule has 0 fully saturated rings. The van der Waals surface area contributed by atoms with Gasteiger partial charge in [-0.05, 0) is 27.2 Å². The Kier molecular flexibility index (Phi) is 12.7. The Bertz CT molecular complexity index is 163. The summed E-state index contributed by atoms with van der Waals surface area (Å²) in [6.07, 6.45) is 2.24. The molecule has 0 aromatic heterocycles. The van der Waals surface area contributed by atoms with Crippen LogP contribution in [0.2, 0.25) is 0 Å². The maximum atomic E-state index is 5.79. The standard InChI is InChI=1S/C15H32O4/c1-5-9-10-19-14-15(11-16-6-2,12-17-7-3)13-18-8-4/h5-14H2,1-4H3. The lowest BCUT2D eigenvalue weighted by molar-refractivity contribution is -0.103. The third-order valence-corrected chi connectivity index (χ3v) is 2.89. The smallest absolute Gasteiger partial charge is 0.0637 e. The van der Waals surface area contributed by atoms with Crippen molar-refractivity contribution < 1.29 is 18.9 Å². The normalized spacial score (nSPS) is 12.0. The van der Waals surface area contributed by atoms with Gasteiger partial charge in [-0.15, -0.1) is 0 Å². The van der Waals surface area contributed by atoms with Crippen molar-refractivity contribution in [1.82, 2.24) is 0 Å². The summed E-state index contributed by atoms with van der Waals surface area (Å²) in [5.74, 6) is 0. The minimum absolute atomic E-state index is 0.185. The Morgan fingerprint density at radius 1 is 0.632 bits per heavy atom. The highest BCUT2D eigenvalue weighted by atomic mass is 16.5. The molecule has 0 aliphatic rings. The summed E-state index contributed by atoms with van der Waals surface area (Å²) < 4.78 is 22.6. The Morgan fingerprint density at radius 2 is 1.05 bits per heavy atom. The highest BCUT2D eigenvalue weighted by Crippen LogP contribution is 2.21. The van der Waals surface area contributed by atoms with Gasteiger partial charge in [-0.1, -0.05) is 13.3 Å². The van der Waals surface area contributed by atoms with E-state index in [1.807, 2.05) is 20.8 Å². The van der Waals surface area contributed by atoms with E-state index in [9.17, 15) is 0 Å². The van der Waals surface area contributed by atoms with E-state index >= 15 is 0 Å². The molecule has 0 saturated heterocycles. The number of unbranched alkanes of at least 4 members (excludes halogenated alkanes) is 1. The van der Waals surface area contributed by atoms with Crippen molar-refractivity contribution in [2.45, 2.75) is 40.5 Å². The number of hydrogen-bond acceptors (Lipinski definition) is 4. The minimum Gasteiger partial charge on any atom is -0.381 e. The van der Waals surface area contributed by atoms with Crippen molar-refractivity contribution in [2.75, 3.05) is 52.9 Å². The molecule has 0 amide bonds. The number of ether oxygens (including phenoxy) is 4. The largest absolute Gasteiger partial charge is 0.381 e. The van der Waals surface area contributed by atoms with Crippen molar-refractivity contribution in [2.24, 2.45) is 5.41 Å². The van der Waals surface area contributed by atoms with Gasteiger partial charge >= 0.3 is 0 Å². The Morgan fingerprint density at radius 3 is 1.42 bits per heavy atom. The van der Waals surface area contributed by atoms with Crippen LogP contribution in [0.1, 0.15) is 40.5 Å². The zero-order chi connectivity index (χ0) is 14.4. The van der Waals surface area contributed by atoms with Crippen molar-refractivity contribution >= 4 is 0 Å². The SMILES string of the molecule is CCCCOCC(COCC)(COCC)COCC. The van der Waals surface area contributed by atoms with Crippen LogP contribution in [0, 0.1) is 5.41 Å². The van der Waals surface area contributed by atoms with E-state index < -0.39 is 0 Å². The van der Waals surface area contributed by atoms with Gasteiger partial charge in [0.1, 0.15) is 0 Å². The maximum Gasteiger partial charge on any atom is 0.0637 e. The highest BCUT2D eigenvalue weighted by molar-refractivity contribution is 4.79. The molecule has 4 nitrogen and oxygen atoms in total. The van der Waals surface area contributed by atoms with Crippen molar-refractivity contribution in [3.63, 3.8) is 0 Å². The minimum atomic E-state index is -0.185. The topological polar surface area (TPSA) is 36.9 Å². The second-order valence-electron chi connectivity index (χ2n) is 4.82. The van der Waals surface area contributed by atoms with E-state index in [2.05, 4.69) is 6.92 Å². The van der Waals surface area contributed by atoms with E-state index in [1.165, 1.54) is 0 Å². The van der Waals surface area contributed by atoms with E-state index in [-0.39, 0.29) is 5.41 Å². The molecule has 4 heteroatoms. The summed E-state index contributed by atoms with van der Waals surface area (Å²) in [6, 6.07) is 0. The van der Waals surface area contributed by atoms with Crippen LogP contribution in [0.4, 0.5) is 0 Å². The number of rotatable bonds is 14. The highest BCUT2D eigenvalue weighted by Gasteiger charge is 2.32. The van der Waals surface area contributed by atoms with Crippen LogP contribution in [-0.4, -0.2) is 52.9 Å². The second kappa shape index (κ2) is 12.9. The predicted molar refractivity (Wildman–Crippen MR) is 77.6 cm³/mol. The van der Waals surface area contributed by atoms with Gasteiger partial charge in [0.15, 0.2) is 0 Å². The first-order chi connectivity index (χ1) is 9.24. The Balaban J connectivity index is 4.38. The van der Waals surface area contributed by atoms with Crippen LogP contribution in [0.5, 0.6) is 0 Å². The summed E-state index contributed by atoms with van der Waals surface area (Å²) in [7, 11) is 0. The van der Waals surface area contributed by atoms with E-state index in [4.69, 9.17) is 18.9 Å². The summed E-state index contributed by atoms with van der Waals surface area (Å²) in [4.78, 5) is 0. The molecular formula is C15H32O4. The van der Waals surface area contributed by atoms with Crippen molar-refractivity contribution in [3.05, 3.63) is 0 Å². The molecule has 0 heterocycles. The summed E-state index contributed by atoms with van der Waals surface area (Å²) >= 11 is 0. The lowest BCUT2D eigenvalue weighted by Gasteiger charge is -2.32. The van der Waals surface area contributed by atoms with Crippen molar-refractivity contribution in [1.29, 1.82) is 0 Å². The molecule has 0 unspecified atom stereocenters. The van der Waals surface area contributed by atoms with Gasteiger partial charge in [-0.3, -0.25) is 0 Å². The quantitative estimate of drug-likeness (QED) is 0.457. The fourth-order valence-corrected chi connectivity index (χ4v) is 1.74. The third-order valence-electron chi connectivity index (χ3n) is 2.89. The van der Waals surface area contributed by atoms with Crippen LogP contribution in [0.3, 0.4) is 0 Å². The van der Waals surface area contributed by atoms with Gasteiger partial charge in [-0.25, -0.2) is 0 Å². The predicted octanol–water partition coefficient (Wildman–Crippen LogP) is 2.90. The summed E-state index contributed by atoms with van der Waals surface area (Å²) in [6.45, 7) is 13.6. The van der Waals surface area contributed by atoms with E-state index in [0.717, 1.165) is 19.4 Å². The molecule has 0 bridgehead atoms. The van der Waals surface area contributed by atoms with Gasteiger partial charge in [0, 0.05) is 26.4 Å². The summed E-state index contributed by atoms with van der Waals surface area (Å²) in [5, 5.41) is 0. The first kappa shape index (κ1) is 18.8. The van der Waals surface area contributed by atoms with Gasteiger partial charge < -0.3 is 18.9 Å². The molecule has 19 heavy (non-hydrogen) atoms. The molecule has 116 valence electrons. The molecule has 0 aliphatic carbocycles. The maximum absolute atomic E-state index is 5.79. The Hall–Kier alpha value is -0.160. The molecule has 0 spiro atoms. The van der Waals surface area contributed by atoms with Crippen LogP contribution in [0.15, 0.2) is 0 Å². The van der Waals surface area contributed by atoms with E-state index in [0.29, 0.717) is 46.2 Å². The van der Waals surface area contributed by atoms with Gasteiger partial charge in [-0.2, -0.15) is 0 Å². The van der Waals surface area contributed by atoms with Crippen LogP contribution >= 0.6 is 0 Å². The van der Waals surface area contributed by atoms with Gasteiger partial charge in [0.25, 0.3) is 0 Å². The van der Waals surface area contributed by atoms with Crippen LogP contribution in [-0.2, 0) is 18.9 Å². The molecule has 0 rings (SSSR count). The summed E-state index contributed by atoms with van der Waals surface area (Å²) in [5.41, 5.74) is -0.185. The fraction of sp³-hybridized carbons (Fsp3) is 1.00. The first-order valence-electron chi connectivity index (χ1n) is 7.55. The molecule has 0 atom stereocenters. The Labute approximate surface area is 118 Å². The number of hydrogen-bond donors (Lipinski definition) is 0. The average Bonchev–Trinajstić information content (AvgIpc) is 2.44. The van der Waals surface area contributed by atoms with Crippen molar-refractivity contribution in [3.8, 4) is 0 Å². The fourth-order valence-electron chi connectivity index (χ4n) is 1.74. The molecule has 0 N–H and O–H groups in total. The molecule has 0 radical (unpaired) electrons. The first-order valence-corrected chi connectivity index (χ1v) is 7.55. The van der Waals surface area contributed by atoms with Crippen LogP contribution in [0.25, 0.3) is 0 Å². The van der Waals surface area contributed by atoms with Gasteiger partial charge in [0.05, 0.1) is 31.8 Å². The molecular weight excluding hydrogens is 244 g/mol. The van der Waals surface area contributed by atoms with Crippen LogP contribution < -0.4 is 0 Å². The average molecular weight is 276 g/mol. The monoisotopic (exact) mass is 276 g/mol. The molecule has 0 saturated carbocycles. The second-order valence-corrected chi connectivity index (χ2v) is 4.82. The molecule has 0 aromatic rings. The van der Waals surface area contributed by atoms with Gasteiger partial charge in [0.2, 0.25) is 0 Å². The third kappa shape index (κ3) is 9.38. The van der Waals surface area contributed by atoms with E-state index in [1.54, 1.807) is 0 Å². The molecule has 0 aliphatic heterocycles. The zero-order valence-corrected chi connectivity index (χ0v) is 13.2.